The highest BCUT2D eigenvalue weighted by atomic mass is 32.2. The number of hydrogen-bond acceptors (Lipinski definition) is 4. The molecule has 2 heterocycles. The topological polar surface area (TPSA) is 46.3 Å². The number of nitrogens with two attached hydrogens (primary N) is 1. The molecular weight excluding hydrogens is 264 g/mol. The van der Waals surface area contributed by atoms with Crippen LogP contribution in [-0.4, -0.2) is 41.4 Å². The van der Waals surface area contributed by atoms with Crippen molar-refractivity contribution in [2.45, 2.75) is 12.2 Å². The Labute approximate surface area is 116 Å². The van der Waals surface area contributed by atoms with Crippen LogP contribution >= 0.6 is 23.1 Å². The molecule has 1 aliphatic heterocycles. The van der Waals surface area contributed by atoms with E-state index >= 15 is 0 Å². The zero-order valence-corrected chi connectivity index (χ0v) is 11.9. The van der Waals surface area contributed by atoms with Crippen molar-refractivity contribution in [1.82, 2.24) is 4.90 Å². The van der Waals surface area contributed by atoms with Crippen molar-refractivity contribution in [3.63, 3.8) is 0 Å². The molecule has 1 fully saturated rings. The van der Waals surface area contributed by atoms with Crippen LogP contribution in [0.3, 0.4) is 0 Å². The number of thiophene rings is 1. The summed E-state index contributed by atoms with van der Waals surface area (Å²) in [6.07, 6.45) is 0. The molecule has 0 radical (unpaired) electrons. The summed E-state index contributed by atoms with van der Waals surface area (Å²) in [5.74, 6) is 6.90. The molecule has 0 spiro atoms. The maximum atomic E-state index is 12.4. The first kappa shape index (κ1) is 13.5. The van der Waals surface area contributed by atoms with Gasteiger partial charge in [-0.2, -0.15) is 11.8 Å². The number of thioether (sulfide) groups is 1. The highest BCUT2D eigenvalue weighted by Gasteiger charge is 2.24. The molecule has 0 aliphatic carbocycles. The van der Waals surface area contributed by atoms with Crippen LogP contribution in [0.4, 0.5) is 0 Å². The van der Waals surface area contributed by atoms with Crippen molar-refractivity contribution in [3.8, 4) is 11.8 Å². The third-order valence-electron chi connectivity index (χ3n) is 2.71. The molecule has 2 rings (SSSR count). The monoisotopic (exact) mass is 280 g/mol. The first-order valence-corrected chi connectivity index (χ1v) is 7.82. The molecule has 5 heteroatoms. The number of carbonyl (C=O) groups is 1. The van der Waals surface area contributed by atoms with Gasteiger partial charge in [0.2, 0.25) is 0 Å². The minimum Gasteiger partial charge on any atom is -0.336 e. The van der Waals surface area contributed by atoms with Crippen molar-refractivity contribution in [1.29, 1.82) is 0 Å². The molecule has 18 heavy (non-hydrogen) atoms. The number of hydrogen-bond donors (Lipinski definition) is 1. The van der Waals surface area contributed by atoms with E-state index in [-0.39, 0.29) is 5.91 Å². The van der Waals surface area contributed by atoms with Crippen LogP contribution in [-0.2, 0) is 0 Å². The highest BCUT2D eigenvalue weighted by Crippen LogP contribution is 2.23. The number of amides is 1. The first-order chi connectivity index (χ1) is 8.72. The Morgan fingerprint density at radius 2 is 2.50 bits per heavy atom. The van der Waals surface area contributed by atoms with Gasteiger partial charge in [-0.25, -0.2) is 0 Å². The van der Waals surface area contributed by atoms with E-state index in [1.807, 2.05) is 28.1 Å². The molecule has 1 amide bonds. The van der Waals surface area contributed by atoms with Crippen LogP contribution in [0, 0.1) is 11.8 Å². The zero-order chi connectivity index (χ0) is 13.0. The molecule has 1 aromatic rings. The Kier molecular flexibility index (Phi) is 4.70. The van der Waals surface area contributed by atoms with Gasteiger partial charge in [-0.1, -0.05) is 18.8 Å². The molecule has 1 atom stereocenters. The van der Waals surface area contributed by atoms with Crippen LogP contribution in [0.2, 0.25) is 0 Å². The molecule has 1 aliphatic rings. The molecule has 1 aromatic heterocycles. The SMILES string of the molecule is CC1CN(C(=O)c2sccc2C#CCN)CCS1. The van der Waals surface area contributed by atoms with Crippen molar-refractivity contribution < 1.29 is 4.79 Å². The Balaban J connectivity index is 2.15. The molecule has 96 valence electrons. The Morgan fingerprint density at radius 1 is 1.67 bits per heavy atom. The van der Waals surface area contributed by atoms with Gasteiger partial charge >= 0.3 is 0 Å². The average Bonchev–Trinajstić information content (AvgIpc) is 2.83. The van der Waals surface area contributed by atoms with Gasteiger partial charge in [0, 0.05) is 29.7 Å². The van der Waals surface area contributed by atoms with Gasteiger partial charge in [0.15, 0.2) is 0 Å². The summed E-state index contributed by atoms with van der Waals surface area (Å²) < 4.78 is 0. The highest BCUT2D eigenvalue weighted by molar-refractivity contribution is 7.99. The van der Waals surface area contributed by atoms with Gasteiger partial charge in [0.05, 0.1) is 6.54 Å². The molecule has 0 aromatic carbocycles. The van der Waals surface area contributed by atoms with Crippen LogP contribution in [0.5, 0.6) is 0 Å². The third-order valence-corrected chi connectivity index (χ3v) is 4.75. The molecule has 1 saturated heterocycles. The molecule has 0 bridgehead atoms. The summed E-state index contributed by atoms with van der Waals surface area (Å²) in [6, 6.07) is 1.89. The summed E-state index contributed by atoms with van der Waals surface area (Å²) in [5, 5.41) is 2.43. The van der Waals surface area contributed by atoms with Crippen LogP contribution in [0.1, 0.15) is 22.2 Å². The van der Waals surface area contributed by atoms with E-state index in [0.717, 1.165) is 29.3 Å². The fourth-order valence-electron chi connectivity index (χ4n) is 1.87. The van der Waals surface area contributed by atoms with Gasteiger partial charge < -0.3 is 10.6 Å². The van der Waals surface area contributed by atoms with E-state index in [1.165, 1.54) is 11.3 Å². The molecule has 2 N–H and O–H groups in total. The lowest BCUT2D eigenvalue weighted by Crippen LogP contribution is -2.40. The second kappa shape index (κ2) is 6.28. The van der Waals surface area contributed by atoms with E-state index in [0.29, 0.717) is 11.8 Å². The second-order valence-electron chi connectivity index (χ2n) is 4.10. The van der Waals surface area contributed by atoms with Crippen molar-refractivity contribution >= 4 is 29.0 Å². The van der Waals surface area contributed by atoms with E-state index in [1.54, 1.807) is 0 Å². The van der Waals surface area contributed by atoms with Gasteiger partial charge in [-0.05, 0) is 11.4 Å². The summed E-state index contributed by atoms with van der Waals surface area (Å²) in [7, 11) is 0. The Hall–Kier alpha value is -0.960. The lowest BCUT2D eigenvalue weighted by Gasteiger charge is -2.30. The van der Waals surface area contributed by atoms with Gasteiger partial charge in [0.1, 0.15) is 4.88 Å². The molecule has 1 unspecified atom stereocenters. The zero-order valence-electron chi connectivity index (χ0n) is 10.3. The maximum Gasteiger partial charge on any atom is 0.265 e. The lowest BCUT2D eigenvalue weighted by atomic mass is 10.2. The number of rotatable bonds is 1. The van der Waals surface area contributed by atoms with Crippen molar-refractivity contribution in [3.05, 3.63) is 21.9 Å². The molecule has 0 saturated carbocycles. The smallest absolute Gasteiger partial charge is 0.265 e. The summed E-state index contributed by atoms with van der Waals surface area (Å²) in [5.41, 5.74) is 6.17. The predicted molar refractivity (Wildman–Crippen MR) is 78.1 cm³/mol. The van der Waals surface area contributed by atoms with E-state index in [2.05, 4.69) is 18.8 Å². The third kappa shape index (κ3) is 3.08. The predicted octanol–water partition coefficient (Wildman–Crippen LogP) is 1.64. The van der Waals surface area contributed by atoms with E-state index in [4.69, 9.17) is 5.73 Å². The minimum absolute atomic E-state index is 0.110. The molecular formula is C13H16N2OS2. The lowest BCUT2D eigenvalue weighted by molar-refractivity contribution is 0.0768. The van der Waals surface area contributed by atoms with Gasteiger partial charge in [-0.3, -0.25) is 4.79 Å². The summed E-state index contributed by atoms with van der Waals surface area (Å²) in [4.78, 5) is 15.1. The maximum absolute atomic E-state index is 12.4. The van der Waals surface area contributed by atoms with E-state index < -0.39 is 0 Å². The van der Waals surface area contributed by atoms with Gasteiger partial charge in [-0.15, -0.1) is 11.3 Å². The van der Waals surface area contributed by atoms with Crippen molar-refractivity contribution in [2.75, 3.05) is 25.4 Å². The first-order valence-electron chi connectivity index (χ1n) is 5.89. The van der Waals surface area contributed by atoms with Crippen LogP contribution in [0.25, 0.3) is 0 Å². The fraction of sp³-hybridized carbons (Fsp3) is 0.462. The standard InChI is InChI=1S/C13H16N2OS2/c1-10-9-15(6-8-17-10)13(16)12-11(3-2-5-14)4-7-18-12/h4,7,10H,5-6,8-9,14H2,1H3. The Morgan fingerprint density at radius 3 is 3.22 bits per heavy atom. The minimum atomic E-state index is 0.110. The molecule has 3 nitrogen and oxygen atoms in total. The summed E-state index contributed by atoms with van der Waals surface area (Å²) in [6.45, 7) is 4.13. The largest absolute Gasteiger partial charge is 0.336 e. The van der Waals surface area contributed by atoms with Crippen LogP contribution < -0.4 is 5.73 Å². The van der Waals surface area contributed by atoms with Crippen molar-refractivity contribution in [2.24, 2.45) is 5.73 Å². The van der Waals surface area contributed by atoms with Crippen LogP contribution in [0.15, 0.2) is 11.4 Å². The fourth-order valence-corrected chi connectivity index (χ4v) is 3.70. The summed E-state index contributed by atoms with van der Waals surface area (Å²) >= 11 is 3.38. The number of nitrogens with zero attached hydrogens (tertiary/aromatic N) is 1. The Bertz CT molecular complexity index is 487. The normalized spacial score (nSPS) is 19.2. The number of carbonyl (C=O) groups excluding carboxylic acids is 1. The average molecular weight is 280 g/mol. The quantitative estimate of drug-likeness (QED) is 0.796. The second-order valence-corrected chi connectivity index (χ2v) is 6.56. The van der Waals surface area contributed by atoms with E-state index in [9.17, 15) is 4.79 Å². The van der Waals surface area contributed by atoms with Gasteiger partial charge in [0.25, 0.3) is 5.91 Å².